The first-order valence-corrected chi connectivity index (χ1v) is 10.6. The van der Waals surface area contributed by atoms with Gasteiger partial charge in [0, 0.05) is 5.56 Å². The fourth-order valence-corrected chi connectivity index (χ4v) is 4.25. The third-order valence-corrected chi connectivity index (χ3v) is 5.81. The van der Waals surface area contributed by atoms with Gasteiger partial charge in [0.1, 0.15) is 16.5 Å². The van der Waals surface area contributed by atoms with Gasteiger partial charge < -0.3 is 9.84 Å². The zero-order valence-corrected chi connectivity index (χ0v) is 18.1. The monoisotopic (exact) mass is 435 g/mol. The van der Waals surface area contributed by atoms with Crippen LogP contribution in [-0.4, -0.2) is 33.6 Å². The predicted octanol–water partition coefficient (Wildman–Crippen LogP) is 4.18. The molecule has 1 unspecified atom stereocenters. The number of benzene rings is 2. The summed E-state index contributed by atoms with van der Waals surface area (Å²) in [7, 11) is 0. The lowest BCUT2D eigenvalue weighted by Gasteiger charge is -2.23. The third-order valence-electron chi connectivity index (χ3n) is 4.98. The van der Waals surface area contributed by atoms with Crippen molar-refractivity contribution < 1.29 is 19.4 Å². The van der Waals surface area contributed by atoms with E-state index in [2.05, 4.69) is 10.2 Å². The summed E-state index contributed by atoms with van der Waals surface area (Å²) in [5.41, 5.74) is 2.12. The van der Waals surface area contributed by atoms with Gasteiger partial charge in [-0.05, 0) is 38.5 Å². The number of aliphatic hydroxyl groups is 1. The van der Waals surface area contributed by atoms with Gasteiger partial charge in [-0.1, -0.05) is 53.3 Å². The lowest BCUT2D eigenvalue weighted by atomic mass is 9.95. The van der Waals surface area contributed by atoms with Crippen molar-refractivity contribution in [2.75, 3.05) is 11.5 Å². The van der Waals surface area contributed by atoms with E-state index in [1.54, 1.807) is 43.3 Å². The number of hydrogen-bond donors (Lipinski definition) is 1. The van der Waals surface area contributed by atoms with Crippen LogP contribution < -0.4 is 9.64 Å². The highest BCUT2D eigenvalue weighted by molar-refractivity contribution is 7.15. The number of rotatable bonds is 5. The van der Waals surface area contributed by atoms with Crippen molar-refractivity contribution >= 4 is 33.9 Å². The van der Waals surface area contributed by atoms with Crippen molar-refractivity contribution in [2.24, 2.45) is 0 Å². The van der Waals surface area contributed by atoms with Gasteiger partial charge in [0.15, 0.2) is 0 Å². The Morgan fingerprint density at radius 2 is 1.87 bits per heavy atom. The summed E-state index contributed by atoms with van der Waals surface area (Å²) in [5, 5.41) is 20.1. The largest absolute Gasteiger partial charge is 0.507 e. The lowest BCUT2D eigenvalue weighted by molar-refractivity contribution is -0.132. The maximum atomic E-state index is 13.1. The SMILES string of the molecule is CCOc1cccc(C2C(=C(O)c3ccc(C)cc3)C(=O)C(=O)N2c2nnc(C)s2)c1. The average molecular weight is 436 g/mol. The molecule has 2 aromatic carbocycles. The highest BCUT2D eigenvalue weighted by Crippen LogP contribution is 2.43. The van der Waals surface area contributed by atoms with Crippen LogP contribution in [0.3, 0.4) is 0 Å². The molecule has 0 spiro atoms. The highest BCUT2D eigenvalue weighted by Gasteiger charge is 2.48. The molecule has 158 valence electrons. The van der Waals surface area contributed by atoms with Crippen molar-refractivity contribution in [3.8, 4) is 5.75 Å². The van der Waals surface area contributed by atoms with Crippen LogP contribution in [0.4, 0.5) is 5.13 Å². The molecule has 0 saturated carbocycles. The van der Waals surface area contributed by atoms with Crippen LogP contribution in [0.2, 0.25) is 0 Å². The molecular formula is C23H21N3O4S. The number of Topliss-reactive ketones (excluding diaryl/α,β-unsaturated/α-hetero) is 1. The van der Waals surface area contributed by atoms with E-state index in [1.165, 1.54) is 16.2 Å². The molecular weight excluding hydrogens is 414 g/mol. The van der Waals surface area contributed by atoms with E-state index < -0.39 is 17.7 Å². The Kier molecular flexibility index (Phi) is 5.56. The number of aromatic nitrogens is 2. The number of carbonyl (C=O) groups is 2. The van der Waals surface area contributed by atoms with E-state index in [-0.39, 0.29) is 11.3 Å². The molecule has 1 saturated heterocycles. The van der Waals surface area contributed by atoms with Crippen LogP contribution in [0.1, 0.15) is 34.7 Å². The van der Waals surface area contributed by atoms with Crippen LogP contribution in [0.15, 0.2) is 54.1 Å². The molecule has 2 heterocycles. The first-order chi connectivity index (χ1) is 14.9. The van der Waals surface area contributed by atoms with Crippen LogP contribution in [-0.2, 0) is 9.59 Å². The fourth-order valence-electron chi connectivity index (χ4n) is 3.54. The number of carbonyl (C=O) groups excluding carboxylic acids is 2. The molecule has 7 nitrogen and oxygen atoms in total. The minimum absolute atomic E-state index is 0.00959. The number of ketones is 1. The molecule has 1 amide bonds. The van der Waals surface area contributed by atoms with E-state index in [4.69, 9.17) is 4.74 Å². The van der Waals surface area contributed by atoms with E-state index in [0.717, 1.165) is 5.56 Å². The minimum Gasteiger partial charge on any atom is -0.507 e. The second-order valence-electron chi connectivity index (χ2n) is 7.14. The van der Waals surface area contributed by atoms with Gasteiger partial charge in [-0.25, -0.2) is 0 Å². The van der Waals surface area contributed by atoms with Crippen molar-refractivity contribution in [2.45, 2.75) is 26.8 Å². The van der Waals surface area contributed by atoms with Crippen molar-refractivity contribution in [3.05, 3.63) is 75.8 Å². The Morgan fingerprint density at radius 1 is 1.13 bits per heavy atom. The second-order valence-corrected chi connectivity index (χ2v) is 8.30. The standard InChI is InChI=1S/C23H21N3O4S/c1-4-30-17-7-5-6-16(12-17)19-18(20(27)15-10-8-13(2)9-11-15)21(28)22(29)26(19)23-25-24-14(3)31-23/h5-12,19,27H,4H2,1-3H3. The third kappa shape index (κ3) is 3.82. The smallest absolute Gasteiger partial charge is 0.301 e. The summed E-state index contributed by atoms with van der Waals surface area (Å²) >= 11 is 1.21. The molecule has 1 aliphatic heterocycles. The van der Waals surface area contributed by atoms with Crippen molar-refractivity contribution in [1.29, 1.82) is 0 Å². The molecule has 0 aliphatic carbocycles. The maximum absolute atomic E-state index is 13.1. The average Bonchev–Trinajstić information content (AvgIpc) is 3.29. The molecule has 3 aromatic rings. The Hall–Kier alpha value is -3.52. The van der Waals surface area contributed by atoms with Crippen LogP contribution in [0.5, 0.6) is 5.75 Å². The number of hydrogen-bond acceptors (Lipinski definition) is 7. The van der Waals surface area contributed by atoms with Crippen molar-refractivity contribution in [1.82, 2.24) is 10.2 Å². The Bertz CT molecular complexity index is 1180. The van der Waals surface area contributed by atoms with Gasteiger partial charge in [0.05, 0.1) is 18.2 Å². The number of nitrogens with zero attached hydrogens (tertiary/aromatic N) is 3. The summed E-state index contributed by atoms with van der Waals surface area (Å²) in [5.74, 6) is -1.14. The minimum atomic E-state index is -0.853. The molecule has 0 radical (unpaired) electrons. The summed E-state index contributed by atoms with van der Waals surface area (Å²) in [6.07, 6.45) is 0. The quantitative estimate of drug-likeness (QED) is 0.367. The predicted molar refractivity (Wildman–Crippen MR) is 118 cm³/mol. The van der Waals surface area contributed by atoms with Gasteiger partial charge in [-0.2, -0.15) is 0 Å². The molecule has 1 aliphatic rings. The number of aryl methyl sites for hydroxylation is 2. The Balaban J connectivity index is 1.93. The van der Waals surface area contributed by atoms with Gasteiger partial charge >= 0.3 is 5.91 Å². The molecule has 1 atom stereocenters. The molecule has 8 heteroatoms. The maximum Gasteiger partial charge on any atom is 0.301 e. The number of aliphatic hydroxyl groups excluding tert-OH is 1. The normalized spacial score (nSPS) is 17.9. The lowest BCUT2D eigenvalue weighted by Crippen LogP contribution is -2.29. The van der Waals surface area contributed by atoms with Gasteiger partial charge in [-0.15, -0.1) is 10.2 Å². The topological polar surface area (TPSA) is 92.6 Å². The van der Waals surface area contributed by atoms with E-state index in [9.17, 15) is 14.7 Å². The van der Waals surface area contributed by atoms with E-state index in [0.29, 0.717) is 33.6 Å². The van der Waals surface area contributed by atoms with Gasteiger partial charge in [-0.3, -0.25) is 14.5 Å². The first kappa shape index (κ1) is 20.7. The molecule has 1 aromatic heterocycles. The second kappa shape index (κ2) is 8.31. The van der Waals surface area contributed by atoms with Crippen molar-refractivity contribution in [3.63, 3.8) is 0 Å². The Labute approximate surface area is 183 Å². The number of amides is 1. The van der Waals surface area contributed by atoms with Crippen LogP contribution in [0.25, 0.3) is 5.76 Å². The van der Waals surface area contributed by atoms with Crippen LogP contribution >= 0.6 is 11.3 Å². The van der Waals surface area contributed by atoms with Crippen LogP contribution in [0, 0.1) is 13.8 Å². The van der Waals surface area contributed by atoms with Gasteiger partial charge in [0.2, 0.25) is 5.13 Å². The summed E-state index contributed by atoms with van der Waals surface area (Å²) in [6.45, 7) is 6.05. The number of anilines is 1. The molecule has 1 N–H and O–H groups in total. The first-order valence-electron chi connectivity index (χ1n) is 9.81. The summed E-state index contributed by atoms with van der Waals surface area (Å²) in [6, 6.07) is 13.4. The highest BCUT2D eigenvalue weighted by atomic mass is 32.1. The Morgan fingerprint density at radius 3 is 2.52 bits per heavy atom. The number of ether oxygens (including phenoxy) is 1. The zero-order valence-electron chi connectivity index (χ0n) is 17.3. The molecule has 0 bridgehead atoms. The van der Waals surface area contributed by atoms with E-state index >= 15 is 0 Å². The zero-order chi connectivity index (χ0) is 22.1. The summed E-state index contributed by atoms with van der Waals surface area (Å²) in [4.78, 5) is 27.4. The van der Waals surface area contributed by atoms with E-state index in [1.807, 2.05) is 26.0 Å². The molecule has 1 fully saturated rings. The van der Waals surface area contributed by atoms with Gasteiger partial charge in [0.25, 0.3) is 5.78 Å². The fraction of sp³-hybridized carbons (Fsp3) is 0.217. The molecule has 31 heavy (non-hydrogen) atoms. The molecule has 4 rings (SSSR count). The summed E-state index contributed by atoms with van der Waals surface area (Å²) < 4.78 is 5.61.